The Morgan fingerprint density at radius 3 is 3.00 bits per heavy atom. The predicted octanol–water partition coefficient (Wildman–Crippen LogP) is 3.50. The van der Waals surface area contributed by atoms with Crippen LogP contribution in [0.4, 0.5) is 10.5 Å². The summed E-state index contributed by atoms with van der Waals surface area (Å²) < 4.78 is 5.23. The first-order valence-corrected chi connectivity index (χ1v) is 6.19. The Morgan fingerprint density at radius 2 is 2.29 bits per heavy atom. The lowest BCUT2D eigenvalue weighted by Crippen LogP contribution is -2.30. The molecule has 92 valence electrons. The van der Waals surface area contributed by atoms with Gasteiger partial charge in [-0.3, -0.25) is 4.90 Å². The molecule has 0 fully saturated rings. The topological polar surface area (TPSA) is 29.5 Å². The lowest BCUT2D eigenvalue weighted by molar-refractivity contribution is 0.140. The third-order valence-corrected chi connectivity index (χ3v) is 3.08. The molecule has 0 spiro atoms. The van der Waals surface area contributed by atoms with E-state index in [0.717, 1.165) is 22.7 Å². The van der Waals surface area contributed by atoms with E-state index in [1.54, 1.807) is 4.90 Å². The molecule has 0 bridgehead atoms. The SMILES string of the molecule is CC(C)COC(=O)N1CCc2c(Cl)cccc21. The zero-order valence-electron chi connectivity index (χ0n) is 10.1. The van der Waals surface area contributed by atoms with Gasteiger partial charge in [0.05, 0.1) is 12.3 Å². The molecular weight excluding hydrogens is 238 g/mol. The maximum atomic E-state index is 11.9. The lowest BCUT2D eigenvalue weighted by atomic mass is 10.2. The Balaban J connectivity index is 2.11. The fourth-order valence-electron chi connectivity index (χ4n) is 1.90. The molecule has 1 heterocycles. The molecule has 0 N–H and O–H groups in total. The lowest BCUT2D eigenvalue weighted by Gasteiger charge is -2.17. The minimum atomic E-state index is -0.278. The molecule has 4 heteroatoms. The standard InChI is InChI=1S/C13H16ClNO2/c1-9(2)8-17-13(16)15-7-6-10-11(14)4-3-5-12(10)15/h3-5,9H,6-8H2,1-2H3. The van der Waals surface area contributed by atoms with Crippen LogP contribution in [0.15, 0.2) is 18.2 Å². The maximum absolute atomic E-state index is 11.9. The van der Waals surface area contributed by atoms with Gasteiger partial charge in [0.15, 0.2) is 0 Å². The Morgan fingerprint density at radius 1 is 1.53 bits per heavy atom. The number of fused-ring (bicyclic) bond motifs is 1. The summed E-state index contributed by atoms with van der Waals surface area (Å²) in [5.74, 6) is 0.348. The van der Waals surface area contributed by atoms with Crippen LogP contribution in [-0.4, -0.2) is 19.2 Å². The van der Waals surface area contributed by atoms with Gasteiger partial charge in [-0.25, -0.2) is 4.79 Å². The van der Waals surface area contributed by atoms with Gasteiger partial charge in [0, 0.05) is 11.6 Å². The van der Waals surface area contributed by atoms with Gasteiger partial charge < -0.3 is 4.74 Å². The third kappa shape index (κ3) is 2.55. The van der Waals surface area contributed by atoms with E-state index in [2.05, 4.69) is 0 Å². The minimum absolute atomic E-state index is 0.278. The zero-order chi connectivity index (χ0) is 12.4. The van der Waals surface area contributed by atoms with Crippen LogP contribution in [0, 0.1) is 5.92 Å². The summed E-state index contributed by atoms with van der Waals surface area (Å²) in [6.07, 6.45) is 0.519. The first-order chi connectivity index (χ1) is 8.09. The fraction of sp³-hybridized carbons (Fsp3) is 0.462. The van der Waals surface area contributed by atoms with Crippen molar-refractivity contribution in [2.75, 3.05) is 18.1 Å². The van der Waals surface area contributed by atoms with E-state index < -0.39 is 0 Å². The maximum Gasteiger partial charge on any atom is 0.414 e. The van der Waals surface area contributed by atoms with Crippen LogP contribution in [0.1, 0.15) is 19.4 Å². The van der Waals surface area contributed by atoms with Crippen LogP contribution in [0.5, 0.6) is 0 Å². The van der Waals surface area contributed by atoms with Gasteiger partial charge >= 0.3 is 6.09 Å². The number of amides is 1. The van der Waals surface area contributed by atoms with Crippen molar-refractivity contribution in [1.82, 2.24) is 0 Å². The van der Waals surface area contributed by atoms with Crippen LogP contribution in [-0.2, 0) is 11.2 Å². The van der Waals surface area contributed by atoms with E-state index in [0.29, 0.717) is 19.1 Å². The molecule has 0 saturated heterocycles. The summed E-state index contributed by atoms with van der Waals surface area (Å²) in [7, 11) is 0. The summed E-state index contributed by atoms with van der Waals surface area (Å²) in [6, 6.07) is 5.61. The number of ether oxygens (including phenoxy) is 1. The molecule has 1 aliphatic heterocycles. The highest BCUT2D eigenvalue weighted by Gasteiger charge is 2.27. The number of hydrogen-bond donors (Lipinski definition) is 0. The summed E-state index contributed by atoms with van der Waals surface area (Å²) >= 11 is 6.09. The molecule has 0 saturated carbocycles. The number of carbonyl (C=O) groups is 1. The highest BCUT2D eigenvalue weighted by atomic mass is 35.5. The van der Waals surface area contributed by atoms with Crippen LogP contribution in [0.25, 0.3) is 0 Å². The van der Waals surface area contributed by atoms with Crippen molar-refractivity contribution in [3.63, 3.8) is 0 Å². The van der Waals surface area contributed by atoms with Gasteiger partial charge in [-0.15, -0.1) is 0 Å². The van der Waals surface area contributed by atoms with Gasteiger partial charge in [-0.1, -0.05) is 31.5 Å². The smallest absolute Gasteiger partial charge is 0.414 e. The molecule has 17 heavy (non-hydrogen) atoms. The van der Waals surface area contributed by atoms with Crippen molar-refractivity contribution in [2.45, 2.75) is 20.3 Å². The molecule has 1 aromatic rings. The Hall–Kier alpha value is -1.22. The molecule has 3 nitrogen and oxygen atoms in total. The number of nitrogens with zero attached hydrogens (tertiary/aromatic N) is 1. The van der Waals surface area contributed by atoms with Gasteiger partial charge in [0.25, 0.3) is 0 Å². The second kappa shape index (κ2) is 4.96. The normalized spacial score (nSPS) is 14.0. The Kier molecular flexibility index (Phi) is 3.57. The number of rotatable bonds is 2. The van der Waals surface area contributed by atoms with Crippen molar-refractivity contribution in [2.24, 2.45) is 5.92 Å². The molecule has 1 aromatic carbocycles. The molecule has 1 amide bonds. The molecule has 1 aliphatic rings. The van der Waals surface area contributed by atoms with Crippen molar-refractivity contribution < 1.29 is 9.53 Å². The van der Waals surface area contributed by atoms with Crippen LogP contribution < -0.4 is 4.90 Å². The first-order valence-electron chi connectivity index (χ1n) is 5.81. The predicted molar refractivity (Wildman–Crippen MR) is 68.7 cm³/mol. The van der Waals surface area contributed by atoms with Crippen molar-refractivity contribution in [3.8, 4) is 0 Å². The van der Waals surface area contributed by atoms with Crippen LogP contribution in [0.3, 0.4) is 0 Å². The monoisotopic (exact) mass is 253 g/mol. The average Bonchev–Trinajstić information content (AvgIpc) is 2.71. The van der Waals surface area contributed by atoms with E-state index in [1.165, 1.54) is 0 Å². The molecule has 0 unspecified atom stereocenters. The van der Waals surface area contributed by atoms with Crippen LogP contribution in [0.2, 0.25) is 5.02 Å². The van der Waals surface area contributed by atoms with Gasteiger partial charge in [0.2, 0.25) is 0 Å². The molecular formula is C13H16ClNO2. The first kappa shape index (κ1) is 12.2. The number of halogens is 1. The molecule has 0 aromatic heterocycles. The van der Waals surface area contributed by atoms with Crippen molar-refractivity contribution in [3.05, 3.63) is 28.8 Å². The molecule has 0 atom stereocenters. The van der Waals surface area contributed by atoms with Crippen molar-refractivity contribution in [1.29, 1.82) is 0 Å². The fourth-order valence-corrected chi connectivity index (χ4v) is 2.16. The van der Waals surface area contributed by atoms with Gasteiger partial charge in [-0.05, 0) is 30.0 Å². The highest BCUT2D eigenvalue weighted by molar-refractivity contribution is 6.32. The van der Waals surface area contributed by atoms with Gasteiger partial charge in [0.1, 0.15) is 0 Å². The largest absolute Gasteiger partial charge is 0.449 e. The summed E-state index contributed by atoms with van der Waals surface area (Å²) in [5, 5.41) is 0.724. The average molecular weight is 254 g/mol. The van der Waals surface area contributed by atoms with Crippen LogP contribution >= 0.6 is 11.6 Å². The molecule has 2 rings (SSSR count). The van der Waals surface area contributed by atoms with Gasteiger partial charge in [-0.2, -0.15) is 0 Å². The summed E-state index contributed by atoms with van der Waals surface area (Å²) in [4.78, 5) is 13.5. The van der Waals surface area contributed by atoms with E-state index in [-0.39, 0.29) is 6.09 Å². The number of hydrogen-bond acceptors (Lipinski definition) is 2. The Bertz CT molecular complexity index is 431. The molecule has 0 radical (unpaired) electrons. The Labute approximate surface area is 106 Å². The second-order valence-corrected chi connectivity index (χ2v) is 5.02. The second-order valence-electron chi connectivity index (χ2n) is 4.61. The van der Waals surface area contributed by atoms with E-state index in [9.17, 15) is 4.79 Å². The summed E-state index contributed by atoms with van der Waals surface area (Å²) in [5.41, 5.74) is 1.92. The minimum Gasteiger partial charge on any atom is -0.449 e. The highest BCUT2D eigenvalue weighted by Crippen LogP contribution is 2.33. The quantitative estimate of drug-likeness (QED) is 0.807. The van der Waals surface area contributed by atoms with E-state index in [4.69, 9.17) is 16.3 Å². The molecule has 0 aliphatic carbocycles. The van der Waals surface area contributed by atoms with Crippen molar-refractivity contribution >= 4 is 23.4 Å². The van der Waals surface area contributed by atoms with E-state index in [1.807, 2.05) is 32.0 Å². The van der Waals surface area contributed by atoms with E-state index >= 15 is 0 Å². The zero-order valence-corrected chi connectivity index (χ0v) is 10.8. The summed E-state index contributed by atoms with van der Waals surface area (Å²) in [6.45, 7) is 5.13. The number of carbonyl (C=O) groups excluding carboxylic acids is 1. The number of benzene rings is 1. The number of anilines is 1. The third-order valence-electron chi connectivity index (χ3n) is 2.73.